The summed E-state index contributed by atoms with van der Waals surface area (Å²) in [5.41, 5.74) is -0.840. The van der Waals surface area contributed by atoms with Crippen LogP contribution in [-0.4, -0.2) is 132 Å². The molecule has 1 unspecified atom stereocenters. The van der Waals surface area contributed by atoms with Crippen molar-refractivity contribution in [2.75, 3.05) is 13.2 Å². The van der Waals surface area contributed by atoms with Gasteiger partial charge in [0.15, 0.2) is 12.1 Å². The molecule has 1 fully saturated rings. The Hall–Kier alpha value is -1.58. The van der Waals surface area contributed by atoms with Crippen molar-refractivity contribution >= 4 is 36.1 Å². The average Bonchev–Trinajstić information content (AvgIpc) is 2.80. The van der Waals surface area contributed by atoms with Crippen LogP contribution in [-0.2, 0) is 38.4 Å². The zero-order valence-electron chi connectivity index (χ0n) is 22.3. The molecule has 0 bridgehead atoms. The Labute approximate surface area is 227 Å². The van der Waals surface area contributed by atoms with Gasteiger partial charge < -0.3 is 45.6 Å². The number of amides is 2. The number of rotatable bonds is 14. The second-order valence-corrected chi connectivity index (χ2v) is 16.7. The van der Waals surface area contributed by atoms with Crippen molar-refractivity contribution in [1.29, 1.82) is 0 Å². The molecule has 1 rings (SSSR count). The number of aliphatic hydroxyl groups is 5. The summed E-state index contributed by atoms with van der Waals surface area (Å²) in [6.07, 6.45) is -13.4. The van der Waals surface area contributed by atoms with E-state index in [0.29, 0.717) is 0 Å². The summed E-state index contributed by atoms with van der Waals surface area (Å²) in [5, 5.41) is 56.2. The Kier molecular flexibility index (Phi) is 13.0. The Morgan fingerprint density at radius 3 is 2.08 bits per heavy atom. The molecule has 1 aliphatic heterocycles. The van der Waals surface area contributed by atoms with Crippen molar-refractivity contribution in [2.45, 2.75) is 94.0 Å². The number of aliphatic hydroxyl groups excluding tert-OH is 5. The van der Waals surface area contributed by atoms with Gasteiger partial charge in [0.1, 0.15) is 48.7 Å². The number of hydrogen-bond donors (Lipinski definition) is 8. The van der Waals surface area contributed by atoms with Gasteiger partial charge in [-0.15, -0.1) is 0 Å². The summed E-state index contributed by atoms with van der Waals surface area (Å²) >= 11 is 0. The number of nitrogens with one attached hydrogen (secondary N) is 2. The monoisotopic (exact) mass is 603 g/mol. The molecular weight excluding hydrogens is 564 g/mol. The molecule has 2 amide bonds. The minimum Gasteiger partial charge on any atom is -0.394 e. The Morgan fingerprint density at radius 2 is 1.67 bits per heavy atom. The maximum atomic E-state index is 13.2. The van der Waals surface area contributed by atoms with Crippen LogP contribution in [0.2, 0.25) is 25.2 Å². The largest absolute Gasteiger partial charge is 0.397 e. The van der Waals surface area contributed by atoms with Gasteiger partial charge in [0, 0.05) is 19.4 Å². The molecule has 0 aromatic rings. The van der Waals surface area contributed by atoms with E-state index >= 15 is 0 Å². The zero-order valence-corrected chi connectivity index (χ0v) is 24.1. The fourth-order valence-corrected chi connectivity index (χ4v) is 5.42. The normalized spacial score (nSPS) is 28.1. The molecule has 227 valence electrons. The number of ether oxygens (including phenoxy) is 2. The van der Waals surface area contributed by atoms with E-state index in [1.54, 1.807) is 0 Å². The van der Waals surface area contributed by atoms with Crippen LogP contribution in [0.1, 0.15) is 13.8 Å². The lowest BCUT2D eigenvalue weighted by Gasteiger charge is -2.45. The zero-order chi connectivity index (χ0) is 30.5. The molecule has 1 saturated heterocycles. The summed E-state index contributed by atoms with van der Waals surface area (Å²) < 4.78 is 47.1. The Balaban J connectivity index is 3.49. The molecular formula is C21H39N2O14SSi. The van der Waals surface area contributed by atoms with Gasteiger partial charge in [-0.3, -0.25) is 18.9 Å². The fraction of sp³-hybridized carbons (Fsp3) is 0.810. The van der Waals surface area contributed by atoms with Crippen molar-refractivity contribution in [3.63, 3.8) is 0 Å². The second kappa shape index (κ2) is 14.4. The van der Waals surface area contributed by atoms with Crippen LogP contribution in [0, 0.1) is 6.92 Å². The maximum absolute atomic E-state index is 13.2. The van der Waals surface area contributed by atoms with Gasteiger partial charge in [0.2, 0.25) is 11.8 Å². The molecule has 1 heterocycles. The number of Topliss-reactive ketones (excluding diaryl/α,β-unsaturated/α-hetero) is 1. The molecule has 10 atom stereocenters. The first-order valence-corrected chi connectivity index (χ1v) is 16.8. The molecule has 0 aliphatic carbocycles. The van der Waals surface area contributed by atoms with Gasteiger partial charge in [-0.2, -0.15) is 8.42 Å². The van der Waals surface area contributed by atoms with E-state index in [9.17, 15) is 48.3 Å². The maximum Gasteiger partial charge on any atom is 0.397 e. The average molecular weight is 604 g/mol. The number of carbonyl (C=O) groups excluding carboxylic acids is 3. The highest BCUT2D eigenvalue weighted by Gasteiger charge is 2.51. The summed E-state index contributed by atoms with van der Waals surface area (Å²) in [6, 6.07) is -3.37. The topological polar surface area (TPSA) is 258 Å². The molecule has 8 N–H and O–H groups in total. The van der Waals surface area contributed by atoms with Crippen LogP contribution in [0.15, 0.2) is 0 Å². The first kappa shape index (κ1) is 35.4. The molecule has 1 radical (unpaired) electrons. The van der Waals surface area contributed by atoms with Gasteiger partial charge in [0.05, 0.1) is 21.3 Å². The lowest BCUT2D eigenvalue weighted by molar-refractivity contribution is -0.296. The van der Waals surface area contributed by atoms with E-state index in [4.69, 9.17) is 14.0 Å². The predicted octanol–water partition coefficient (Wildman–Crippen LogP) is -3.53. The van der Waals surface area contributed by atoms with E-state index in [-0.39, 0.29) is 0 Å². The molecule has 0 saturated carbocycles. The summed E-state index contributed by atoms with van der Waals surface area (Å²) in [7, 11) is -7.44. The molecule has 1 aliphatic rings. The highest BCUT2D eigenvalue weighted by molar-refractivity contribution is 7.80. The minimum atomic E-state index is -5.17. The lowest BCUT2D eigenvalue weighted by Crippen LogP contribution is -2.67. The molecule has 39 heavy (non-hydrogen) atoms. The third-order valence-electron chi connectivity index (χ3n) is 6.05. The predicted molar refractivity (Wildman–Crippen MR) is 135 cm³/mol. The minimum absolute atomic E-state index is 0.687. The summed E-state index contributed by atoms with van der Waals surface area (Å²) in [4.78, 5) is 37.0. The summed E-state index contributed by atoms with van der Waals surface area (Å²) in [6.45, 7) is 9.41. The van der Waals surface area contributed by atoms with Gasteiger partial charge in [0.25, 0.3) is 0 Å². The van der Waals surface area contributed by atoms with Crippen molar-refractivity contribution in [3.05, 3.63) is 6.92 Å². The molecule has 16 nitrogen and oxygen atoms in total. The van der Waals surface area contributed by atoms with E-state index in [0.717, 1.165) is 13.8 Å². The Bertz CT molecular complexity index is 961. The summed E-state index contributed by atoms with van der Waals surface area (Å²) in [5.74, 6) is -2.20. The van der Waals surface area contributed by atoms with Crippen LogP contribution in [0.5, 0.6) is 0 Å². The first-order chi connectivity index (χ1) is 17.7. The SMILES string of the molecule is [CH2]C(C(=O)[C@@H](NC(C)=O)[C@@H](O)[C@H](O[C@@H]1O[C@H](CO)[C@H](OS(=O)(=O)O)[C@H](O)[C@@H]1NC(C)=O)[C@H](O)CO)[Si](C)(C)C. The third kappa shape index (κ3) is 10.1. The van der Waals surface area contributed by atoms with E-state index in [1.807, 2.05) is 19.6 Å². The van der Waals surface area contributed by atoms with Crippen molar-refractivity contribution in [1.82, 2.24) is 10.6 Å². The molecule has 0 spiro atoms. The highest BCUT2D eigenvalue weighted by Crippen LogP contribution is 2.29. The first-order valence-electron chi connectivity index (χ1n) is 11.9. The Morgan fingerprint density at radius 1 is 1.10 bits per heavy atom. The molecule has 0 aromatic heterocycles. The van der Waals surface area contributed by atoms with Gasteiger partial charge in [-0.05, 0) is 6.92 Å². The molecule has 0 aromatic carbocycles. The number of ketones is 1. The van der Waals surface area contributed by atoms with Crippen molar-refractivity contribution < 1.29 is 66.5 Å². The van der Waals surface area contributed by atoms with Crippen LogP contribution < -0.4 is 10.6 Å². The van der Waals surface area contributed by atoms with Crippen molar-refractivity contribution in [2.24, 2.45) is 0 Å². The van der Waals surface area contributed by atoms with Crippen LogP contribution >= 0.6 is 0 Å². The molecule has 18 heteroatoms. The van der Waals surface area contributed by atoms with Crippen LogP contribution in [0.25, 0.3) is 0 Å². The second-order valence-electron chi connectivity index (χ2n) is 10.3. The fourth-order valence-electron chi connectivity index (χ4n) is 3.87. The van der Waals surface area contributed by atoms with Gasteiger partial charge >= 0.3 is 10.4 Å². The highest BCUT2D eigenvalue weighted by atomic mass is 32.3. The smallest absolute Gasteiger partial charge is 0.394 e. The van der Waals surface area contributed by atoms with Crippen LogP contribution in [0.3, 0.4) is 0 Å². The van der Waals surface area contributed by atoms with Gasteiger partial charge in [-0.1, -0.05) is 19.6 Å². The number of hydrogen-bond acceptors (Lipinski definition) is 13. The van der Waals surface area contributed by atoms with Crippen molar-refractivity contribution in [3.8, 4) is 0 Å². The standard InChI is InChI=1S/C21H39N2O14SSi/c1-9(39(4,5)6)16(29)14(22-10(2)26)17(30)19(12(28)7-24)36-21-15(23-11(3)27)18(31)20(13(8-25)35-21)37-38(32,33)34/h9,12-15,17-21,24-25,28,30-31H,1,7-8H2,2-6H3,(H,22,26)(H,23,27)(H,32,33,34)/t9?,12-,13-,14-,15+,17-,18-,19-,20+,21+/m1/s1. The quantitative estimate of drug-likeness (QED) is 0.0707. The third-order valence-corrected chi connectivity index (χ3v) is 8.89. The lowest BCUT2D eigenvalue weighted by atomic mass is 9.94. The van der Waals surface area contributed by atoms with Crippen LogP contribution in [0.4, 0.5) is 0 Å². The van der Waals surface area contributed by atoms with E-state index in [1.165, 1.54) is 0 Å². The van der Waals surface area contributed by atoms with Gasteiger partial charge in [-0.25, -0.2) is 4.18 Å². The van der Waals surface area contributed by atoms with E-state index in [2.05, 4.69) is 21.7 Å². The van der Waals surface area contributed by atoms with E-state index < -0.39 is 110 Å². The number of carbonyl (C=O) groups is 3.